The number of rotatable bonds is 6. The Morgan fingerprint density at radius 2 is 1.90 bits per heavy atom. The first kappa shape index (κ1) is 23.6. The zero-order chi connectivity index (χ0) is 22.0. The lowest BCUT2D eigenvalue weighted by Crippen LogP contribution is -2.49. The Balaban J connectivity index is 2.00. The second-order valence-electron chi connectivity index (χ2n) is 8.03. The molecule has 1 aromatic rings. The fourth-order valence-electron chi connectivity index (χ4n) is 3.07. The van der Waals surface area contributed by atoms with Crippen LogP contribution in [-0.4, -0.2) is 52.1 Å². The minimum absolute atomic E-state index is 0.0192. The van der Waals surface area contributed by atoms with Crippen LogP contribution in [0.5, 0.6) is 0 Å². The van der Waals surface area contributed by atoms with Gasteiger partial charge in [0.05, 0.1) is 6.42 Å². The molecule has 1 saturated heterocycles. The van der Waals surface area contributed by atoms with Crippen molar-refractivity contribution in [2.75, 3.05) is 13.1 Å². The quantitative estimate of drug-likeness (QED) is 0.720. The number of aliphatic hydroxyl groups is 1. The second kappa shape index (κ2) is 8.99. The number of hydrogen-bond donors (Lipinski definition) is 2. The van der Waals surface area contributed by atoms with Crippen LogP contribution in [0.25, 0.3) is 0 Å². The number of piperidine rings is 1. The highest BCUT2D eigenvalue weighted by Gasteiger charge is 2.58. The van der Waals surface area contributed by atoms with E-state index in [4.69, 9.17) is 0 Å². The van der Waals surface area contributed by atoms with Gasteiger partial charge in [-0.05, 0) is 32.6 Å². The van der Waals surface area contributed by atoms with Crippen LogP contribution in [0.2, 0.25) is 0 Å². The SMILES string of the molecule is Cc1csc(C(O)(CC(=O)N2CCC(C(=O)NC(C)C(C)C)CC2)C(F)(F)F)n1. The summed E-state index contributed by atoms with van der Waals surface area (Å²) in [7, 11) is 0. The first-order valence-electron chi connectivity index (χ1n) is 9.65. The molecular weight excluding hydrogens is 407 g/mol. The second-order valence-corrected chi connectivity index (χ2v) is 8.88. The van der Waals surface area contributed by atoms with E-state index in [0.717, 1.165) is 0 Å². The maximum atomic E-state index is 13.6. The van der Waals surface area contributed by atoms with Crippen LogP contribution in [0.1, 0.15) is 50.7 Å². The Labute approximate surface area is 172 Å². The fourth-order valence-corrected chi connectivity index (χ4v) is 3.99. The average molecular weight is 436 g/mol. The molecule has 0 saturated carbocycles. The van der Waals surface area contributed by atoms with Gasteiger partial charge in [0.25, 0.3) is 0 Å². The fraction of sp³-hybridized carbons (Fsp3) is 0.737. The van der Waals surface area contributed by atoms with Crippen LogP contribution in [-0.2, 0) is 15.2 Å². The smallest absolute Gasteiger partial charge is 0.374 e. The lowest BCUT2D eigenvalue weighted by Gasteiger charge is -2.35. The average Bonchev–Trinajstić information content (AvgIpc) is 3.07. The Kier molecular flexibility index (Phi) is 7.32. The summed E-state index contributed by atoms with van der Waals surface area (Å²) in [6.07, 6.45) is -5.39. The standard InChI is InChI=1S/C19H28F3N3O3S/c1-11(2)13(4)24-16(27)14-5-7-25(8-6-14)15(26)9-18(28,19(20,21)22)17-23-12(3)10-29-17/h10-11,13-14,28H,5-9H2,1-4H3,(H,24,27). The Hall–Kier alpha value is -1.68. The number of likely N-dealkylation sites (tertiary alicyclic amines) is 1. The Morgan fingerprint density at radius 1 is 1.31 bits per heavy atom. The summed E-state index contributed by atoms with van der Waals surface area (Å²) < 4.78 is 40.7. The summed E-state index contributed by atoms with van der Waals surface area (Å²) in [6, 6.07) is 0.0192. The molecule has 29 heavy (non-hydrogen) atoms. The maximum absolute atomic E-state index is 13.6. The van der Waals surface area contributed by atoms with Gasteiger partial charge in [-0.25, -0.2) is 4.98 Å². The molecule has 1 aromatic heterocycles. The van der Waals surface area contributed by atoms with E-state index in [2.05, 4.69) is 10.3 Å². The van der Waals surface area contributed by atoms with E-state index >= 15 is 0 Å². The molecule has 0 radical (unpaired) electrons. The van der Waals surface area contributed by atoms with E-state index in [1.807, 2.05) is 20.8 Å². The van der Waals surface area contributed by atoms with Crippen molar-refractivity contribution in [1.82, 2.24) is 15.2 Å². The minimum atomic E-state index is -5.03. The number of thiazole rings is 1. The molecule has 1 aliphatic rings. The number of alkyl halides is 3. The van der Waals surface area contributed by atoms with E-state index < -0.39 is 29.1 Å². The van der Waals surface area contributed by atoms with Gasteiger partial charge in [-0.15, -0.1) is 11.3 Å². The van der Waals surface area contributed by atoms with Gasteiger partial charge in [0, 0.05) is 36.1 Å². The highest BCUT2D eigenvalue weighted by molar-refractivity contribution is 7.09. The van der Waals surface area contributed by atoms with Crippen molar-refractivity contribution < 1.29 is 27.9 Å². The number of halogens is 3. The van der Waals surface area contributed by atoms with Crippen LogP contribution < -0.4 is 5.32 Å². The molecule has 2 rings (SSSR count). The van der Waals surface area contributed by atoms with Crippen molar-refractivity contribution in [2.45, 2.75) is 64.8 Å². The van der Waals surface area contributed by atoms with Crippen molar-refractivity contribution in [1.29, 1.82) is 0 Å². The van der Waals surface area contributed by atoms with Gasteiger partial charge in [-0.2, -0.15) is 13.2 Å². The molecule has 164 valence electrons. The third-order valence-electron chi connectivity index (χ3n) is 5.44. The van der Waals surface area contributed by atoms with E-state index in [-0.39, 0.29) is 36.9 Å². The molecule has 0 bridgehead atoms. The molecule has 1 fully saturated rings. The Morgan fingerprint density at radius 3 is 2.34 bits per heavy atom. The van der Waals surface area contributed by atoms with E-state index in [1.165, 1.54) is 17.2 Å². The normalized spacial score (nSPS) is 19.1. The summed E-state index contributed by atoms with van der Waals surface area (Å²) >= 11 is 0.679. The first-order chi connectivity index (χ1) is 13.3. The van der Waals surface area contributed by atoms with Gasteiger partial charge in [-0.1, -0.05) is 13.8 Å². The monoisotopic (exact) mass is 435 g/mol. The van der Waals surface area contributed by atoms with Crippen molar-refractivity contribution in [2.24, 2.45) is 11.8 Å². The van der Waals surface area contributed by atoms with Crippen LogP contribution >= 0.6 is 11.3 Å². The van der Waals surface area contributed by atoms with Gasteiger partial charge in [-0.3, -0.25) is 9.59 Å². The molecule has 1 aliphatic heterocycles. The van der Waals surface area contributed by atoms with Gasteiger partial charge in [0.1, 0.15) is 5.01 Å². The van der Waals surface area contributed by atoms with Gasteiger partial charge < -0.3 is 15.3 Å². The number of aryl methyl sites for hydroxylation is 1. The zero-order valence-corrected chi connectivity index (χ0v) is 17.9. The number of amides is 2. The van der Waals surface area contributed by atoms with Crippen molar-refractivity contribution >= 4 is 23.2 Å². The molecule has 0 aliphatic carbocycles. The number of nitrogens with one attached hydrogen (secondary N) is 1. The largest absolute Gasteiger partial charge is 0.424 e. The predicted molar refractivity (Wildman–Crippen MR) is 103 cm³/mol. The van der Waals surface area contributed by atoms with E-state index in [0.29, 0.717) is 29.9 Å². The van der Waals surface area contributed by atoms with E-state index in [9.17, 15) is 27.9 Å². The van der Waals surface area contributed by atoms with Gasteiger partial charge in [0.2, 0.25) is 17.4 Å². The summed E-state index contributed by atoms with van der Waals surface area (Å²) in [4.78, 5) is 29.9. The zero-order valence-electron chi connectivity index (χ0n) is 17.0. The number of carbonyl (C=O) groups excluding carboxylic acids is 2. The lowest BCUT2D eigenvalue weighted by atomic mass is 9.93. The van der Waals surface area contributed by atoms with Crippen molar-refractivity contribution in [3.05, 3.63) is 16.1 Å². The molecule has 2 amide bonds. The first-order valence-corrected chi connectivity index (χ1v) is 10.5. The topological polar surface area (TPSA) is 82.5 Å². The minimum Gasteiger partial charge on any atom is -0.374 e. The van der Waals surface area contributed by atoms with Crippen molar-refractivity contribution in [3.63, 3.8) is 0 Å². The molecular formula is C19H28F3N3O3S. The molecule has 10 heteroatoms. The third-order valence-corrected chi connectivity index (χ3v) is 6.55. The molecule has 2 N–H and O–H groups in total. The van der Waals surface area contributed by atoms with Gasteiger partial charge >= 0.3 is 6.18 Å². The van der Waals surface area contributed by atoms with E-state index in [1.54, 1.807) is 0 Å². The third kappa shape index (κ3) is 5.48. The molecule has 2 unspecified atom stereocenters. The molecule has 0 aromatic carbocycles. The van der Waals surface area contributed by atoms with Crippen LogP contribution in [0.3, 0.4) is 0 Å². The molecule has 0 spiro atoms. The number of aromatic nitrogens is 1. The molecule has 2 heterocycles. The maximum Gasteiger partial charge on any atom is 0.424 e. The number of carbonyl (C=O) groups is 2. The van der Waals surface area contributed by atoms with Crippen LogP contribution in [0.4, 0.5) is 13.2 Å². The molecule has 2 atom stereocenters. The lowest BCUT2D eigenvalue weighted by molar-refractivity contribution is -0.268. The highest BCUT2D eigenvalue weighted by Crippen LogP contribution is 2.43. The van der Waals surface area contributed by atoms with Crippen LogP contribution in [0.15, 0.2) is 5.38 Å². The number of nitrogens with zero attached hydrogens (tertiary/aromatic N) is 2. The summed E-state index contributed by atoms with van der Waals surface area (Å²) in [5.74, 6) is -0.881. The Bertz CT molecular complexity index is 730. The summed E-state index contributed by atoms with van der Waals surface area (Å²) in [5.41, 5.74) is -2.97. The highest BCUT2D eigenvalue weighted by atomic mass is 32.1. The van der Waals surface area contributed by atoms with Gasteiger partial charge in [0.15, 0.2) is 0 Å². The predicted octanol–water partition coefficient (Wildman–Crippen LogP) is 2.99. The summed E-state index contributed by atoms with van der Waals surface area (Å²) in [5, 5.41) is 14.1. The van der Waals surface area contributed by atoms with Crippen LogP contribution in [0, 0.1) is 18.8 Å². The number of hydrogen-bond acceptors (Lipinski definition) is 5. The molecule has 6 nitrogen and oxygen atoms in total. The summed E-state index contributed by atoms with van der Waals surface area (Å²) in [6.45, 7) is 7.79. The van der Waals surface area contributed by atoms with Crippen molar-refractivity contribution in [3.8, 4) is 0 Å².